The Labute approximate surface area is 68.6 Å². The van der Waals surface area contributed by atoms with Crippen molar-refractivity contribution >= 4 is 5.91 Å². The van der Waals surface area contributed by atoms with Gasteiger partial charge in [-0.1, -0.05) is 6.92 Å². The zero-order valence-electron chi connectivity index (χ0n) is 7.82. The third kappa shape index (κ3) is 4.79. The van der Waals surface area contributed by atoms with Crippen LogP contribution in [0, 0.1) is 0 Å². The fourth-order valence-electron chi connectivity index (χ4n) is 0.671. The van der Waals surface area contributed by atoms with Crippen LogP contribution >= 0.6 is 0 Å². The van der Waals surface area contributed by atoms with Crippen molar-refractivity contribution in [2.45, 2.75) is 32.7 Å². The summed E-state index contributed by atoms with van der Waals surface area (Å²) in [5.41, 5.74) is -0.0755. The normalized spacial score (nSPS) is 11.3. The minimum atomic E-state index is -0.0755. The van der Waals surface area contributed by atoms with Gasteiger partial charge in [0.1, 0.15) is 0 Å². The first-order valence-corrected chi connectivity index (χ1v) is 3.97. The lowest BCUT2D eigenvalue weighted by Gasteiger charge is -2.24. The zero-order chi connectivity index (χ0) is 8.91. The molecule has 3 heteroatoms. The molecule has 0 aromatic carbocycles. The molecule has 0 heterocycles. The first-order chi connectivity index (χ1) is 5.02. The fourth-order valence-corrected chi connectivity index (χ4v) is 0.671. The van der Waals surface area contributed by atoms with Gasteiger partial charge >= 0.3 is 0 Å². The molecule has 2 N–H and O–H groups in total. The molecule has 0 saturated carbocycles. The number of nitrogens with one attached hydrogen (secondary N) is 2. The van der Waals surface area contributed by atoms with E-state index < -0.39 is 0 Å². The van der Waals surface area contributed by atoms with Crippen LogP contribution in [0.5, 0.6) is 0 Å². The lowest BCUT2D eigenvalue weighted by Crippen LogP contribution is -2.45. The van der Waals surface area contributed by atoms with Crippen molar-refractivity contribution in [3.8, 4) is 0 Å². The van der Waals surface area contributed by atoms with Crippen LogP contribution in [0.25, 0.3) is 0 Å². The summed E-state index contributed by atoms with van der Waals surface area (Å²) in [5.74, 6) is 0.0550. The molecule has 0 atom stereocenters. The third-order valence-corrected chi connectivity index (χ3v) is 1.70. The molecule has 0 spiro atoms. The van der Waals surface area contributed by atoms with Crippen molar-refractivity contribution in [2.75, 3.05) is 13.6 Å². The Bertz CT molecular complexity index is 132. The molecule has 0 saturated heterocycles. The van der Waals surface area contributed by atoms with Crippen LogP contribution < -0.4 is 10.6 Å². The fraction of sp³-hybridized carbons (Fsp3) is 0.875. The number of hydrogen-bond donors (Lipinski definition) is 2. The first-order valence-electron chi connectivity index (χ1n) is 3.97. The number of likely N-dealkylation sites (N-methyl/N-ethyl adjacent to an activating group) is 1. The predicted octanol–water partition coefficient (Wildman–Crippen LogP) is 0.511. The second-order valence-corrected chi connectivity index (χ2v) is 3.32. The van der Waals surface area contributed by atoms with Gasteiger partial charge in [0.15, 0.2) is 0 Å². The number of rotatable bonds is 4. The molecule has 0 fully saturated rings. The molecule has 0 rings (SSSR count). The van der Waals surface area contributed by atoms with E-state index >= 15 is 0 Å². The van der Waals surface area contributed by atoms with Crippen molar-refractivity contribution < 1.29 is 4.79 Å². The molecule has 0 aliphatic rings. The predicted molar refractivity (Wildman–Crippen MR) is 46.4 cm³/mol. The van der Waals surface area contributed by atoms with Gasteiger partial charge in [-0.3, -0.25) is 4.79 Å². The van der Waals surface area contributed by atoms with E-state index in [2.05, 4.69) is 17.6 Å². The van der Waals surface area contributed by atoms with E-state index in [0.29, 0.717) is 6.54 Å². The summed E-state index contributed by atoms with van der Waals surface area (Å²) >= 11 is 0. The topological polar surface area (TPSA) is 41.1 Å². The van der Waals surface area contributed by atoms with Gasteiger partial charge in [-0.2, -0.15) is 0 Å². The van der Waals surface area contributed by atoms with Crippen molar-refractivity contribution in [3.05, 3.63) is 0 Å². The zero-order valence-corrected chi connectivity index (χ0v) is 7.82. The second kappa shape index (κ2) is 4.34. The van der Waals surface area contributed by atoms with Gasteiger partial charge in [-0.05, 0) is 27.3 Å². The molecule has 3 nitrogen and oxygen atoms in total. The Morgan fingerprint density at radius 3 is 2.36 bits per heavy atom. The quantitative estimate of drug-likeness (QED) is 0.626. The number of hydrogen-bond acceptors (Lipinski definition) is 2. The molecule has 0 radical (unpaired) electrons. The molecule has 0 aromatic rings. The Morgan fingerprint density at radius 1 is 1.45 bits per heavy atom. The molecule has 11 heavy (non-hydrogen) atoms. The van der Waals surface area contributed by atoms with Crippen LogP contribution in [-0.2, 0) is 4.79 Å². The van der Waals surface area contributed by atoms with Gasteiger partial charge in [-0.25, -0.2) is 0 Å². The van der Waals surface area contributed by atoms with Crippen molar-refractivity contribution in [1.29, 1.82) is 0 Å². The lowest BCUT2D eigenvalue weighted by molar-refractivity contribution is -0.121. The average Bonchev–Trinajstić information content (AvgIpc) is 1.87. The van der Waals surface area contributed by atoms with E-state index in [4.69, 9.17) is 0 Å². The highest BCUT2D eigenvalue weighted by molar-refractivity contribution is 5.78. The van der Waals surface area contributed by atoms with Crippen LogP contribution in [0.4, 0.5) is 0 Å². The van der Waals surface area contributed by atoms with Gasteiger partial charge in [0.2, 0.25) is 5.91 Å². The van der Waals surface area contributed by atoms with E-state index in [1.807, 2.05) is 13.8 Å². The summed E-state index contributed by atoms with van der Waals surface area (Å²) < 4.78 is 0. The summed E-state index contributed by atoms with van der Waals surface area (Å²) in [6.45, 7) is 6.48. The molecule has 1 amide bonds. The van der Waals surface area contributed by atoms with Crippen molar-refractivity contribution in [1.82, 2.24) is 10.6 Å². The Kier molecular flexibility index (Phi) is 4.11. The van der Waals surface area contributed by atoms with E-state index in [0.717, 1.165) is 6.42 Å². The van der Waals surface area contributed by atoms with E-state index in [1.165, 1.54) is 0 Å². The minimum Gasteiger partial charge on any atom is -0.350 e. The van der Waals surface area contributed by atoms with Gasteiger partial charge < -0.3 is 10.6 Å². The maximum absolute atomic E-state index is 11.0. The molecule has 66 valence electrons. The summed E-state index contributed by atoms with van der Waals surface area (Å²) in [6, 6.07) is 0. The van der Waals surface area contributed by atoms with Crippen molar-refractivity contribution in [2.24, 2.45) is 0 Å². The van der Waals surface area contributed by atoms with Gasteiger partial charge in [0.05, 0.1) is 6.54 Å². The van der Waals surface area contributed by atoms with Crippen LogP contribution in [-0.4, -0.2) is 25.0 Å². The van der Waals surface area contributed by atoms with E-state index in [1.54, 1.807) is 7.05 Å². The highest BCUT2D eigenvalue weighted by Gasteiger charge is 2.16. The Morgan fingerprint density at radius 2 is 2.00 bits per heavy atom. The maximum atomic E-state index is 11.0. The Hall–Kier alpha value is -0.570. The second-order valence-electron chi connectivity index (χ2n) is 3.32. The monoisotopic (exact) mass is 158 g/mol. The average molecular weight is 158 g/mol. The highest BCUT2D eigenvalue weighted by Crippen LogP contribution is 2.05. The SMILES string of the molecule is CCC(C)(C)NC(=O)CNC. The smallest absolute Gasteiger partial charge is 0.234 e. The number of carbonyl (C=O) groups excluding carboxylic acids is 1. The molecule has 0 aliphatic carbocycles. The highest BCUT2D eigenvalue weighted by atomic mass is 16.2. The largest absolute Gasteiger partial charge is 0.350 e. The molecular formula is C8H18N2O. The summed E-state index contributed by atoms with van der Waals surface area (Å²) in [6.07, 6.45) is 0.947. The molecular weight excluding hydrogens is 140 g/mol. The molecule has 0 unspecified atom stereocenters. The van der Waals surface area contributed by atoms with Gasteiger partial charge in [-0.15, -0.1) is 0 Å². The molecule has 0 aromatic heterocycles. The Balaban J connectivity index is 3.74. The third-order valence-electron chi connectivity index (χ3n) is 1.70. The number of carbonyl (C=O) groups is 1. The van der Waals surface area contributed by atoms with Gasteiger partial charge in [0, 0.05) is 5.54 Å². The number of amides is 1. The minimum absolute atomic E-state index is 0.0550. The van der Waals surface area contributed by atoms with Crippen molar-refractivity contribution in [3.63, 3.8) is 0 Å². The van der Waals surface area contributed by atoms with E-state index in [-0.39, 0.29) is 11.4 Å². The maximum Gasteiger partial charge on any atom is 0.234 e. The summed E-state index contributed by atoms with van der Waals surface area (Å²) in [4.78, 5) is 11.0. The van der Waals surface area contributed by atoms with E-state index in [9.17, 15) is 4.79 Å². The lowest BCUT2D eigenvalue weighted by atomic mass is 10.0. The molecule has 0 bridgehead atoms. The van der Waals surface area contributed by atoms with Crippen LogP contribution in [0.1, 0.15) is 27.2 Å². The molecule has 0 aliphatic heterocycles. The van der Waals surface area contributed by atoms with Crippen LogP contribution in [0.2, 0.25) is 0 Å². The summed E-state index contributed by atoms with van der Waals surface area (Å²) in [5, 5.41) is 5.71. The van der Waals surface area contributed by atoms with Gasteiger partial charge in [0.25, 0.3) is 0 Å². The standard InChI is InChI=1S/C8H18N2O/c1-5-8(2,3)10-7(11)6-9-4/h9H,5-6H2,1-4H3,(H,10,11). The first kappa shape index (κ1) is 10.4. The van der Waals surface area contributed by atoms with Crippen LogP contribution in [0.3, 0.4) is 0 Å². The van der Waals surface area contributed by atoms with Crippen LogP contribution in [0.15, 0.2) is 0 Å². The summed E-state index contributed by atoms with van der Waals surface area (Å²) in [7, 11) is 1.76.